The molecular formula is C15H20N2O2S2. The van der Waals surface area contributed by atoms with Gasteiger partial charge in [0.25, 0.3) is 0 Å². The maximum atomic E-state index is 12.7. The van der Waals surface area contributed by atoms with Gasteiger partial charge in [-0.1, -0.05) is 25.1 Å². The summed E-state index contributed by atoms with van der Waals surface area (Å²) >= 11 is 1.56. The van der Waals surface area contributed by atoms with Crippen LogP contribution in [0.5, 0.6) is 0 Å². The topological polar surface area (TPSA) is 49.4 Å². The van der Waals surface area contributed by atoms with Crippen molar-refractivity contribution in [2.75, 3.05) is 18.9 Å². The van der Waals surface area contributed by atoms with Crippen molar-refractivity contribution in [3.05, 3.63) is 46.7 Å². The zero-order chi connectivity index (χ0) is 15.3. The predicted molar refractivity (Wildman–Crippen MR) is 88.2 cm³/mol. The predicted octanol–water partition coefficient (Wildman–Crippen LogP) is 3.39. The van der Waals surface area contributed by atoms with Crippen LogP contribution >= 0.6 is 11.3 Å². The zero-order valence-electron chi connectivity index (χ0n) is 12.2. The van der Waals surface area contributed by atoms with Gasteiger partial charge in [0.15, 0.2) is 0 Å². The lowest BCUT2D eigenvalue weighted by atomic mass is 10.3. The highest BCUT2D eigenvalue weighted by atomic mass is 32.2. The van der Waals surface area contributed by atoms with Crippen LogP contribution in [0.2, 0.25) is 0 Å². The molecule has 0 amide bonds. The quantitative estimate of drug-likeness (QED) is 0.849. The maximum absolute atomic E-state index is 12.7. The molecule has 2 aromatic rings. The molecule has 0 aliphatic rings. The molecule has 4 nitrogen and oxygen atoms in total. The summed E-state index contributed by atoms with van der Waals surface area (Å²) in [5, 5.41) is 5.13. The summed E-state index contributed by atoms with van der Waals surface area (Å²) in [4.78, 5) is 1.36. The van der Waals surface area contributed by atoms with E-state index in [2.05, 4.69) is 5.32 Å². The smallest absolute Gasteiger partial charge is 0.245 e. The highest BCUT2D eigenvalue weighted by Crippen LogP contribution is 2.25. The summed E-state index contributed by atoms with van der Waals surface area (Å²) in [6.45, 7) is 3.19. The number of sulfonamides is 1. The van der Waals surface area contributed by atoms with Crippen molar-refractivity contribution in [2.24, 2.45) is 0 Å². The van der Waals surface area contributed by atoms with Gasteiger partial charge in [-0.05, 0) is 30.0 Å². The fraction of sp³-hybridized carbons (Fsp3) is 0.333. The summed E-state index contributed by atoms with van der Waals surface area (Å²) in [6, 6.07) is 10.9. The monoisotopic (exact) mass is 324 g/mol. The normalized spacial score (nSPS) is 11.8. The number of rotatable bonds is 7. The highest BCUT2D eigenvalue weighted by Gasteiger charge is 2.23. The van der Waals surface area contributed by atoms with Crippen molar-refractivity contribution in [1.82, 2.24) is 4.31 Å². The molecule has 0 saturated carbocycles. The number of nitrogens with one attached hydrogen (secondary N) is 1. The first-order chi connectivity index (χ1) is 10.1. The van der Waals surface area contributed by atoms with Crippen LogP contribution in [0.1, 0.15) is 18.2 Å². The molecule has 0 aliphatic heterocycles. The Labute approximate surface area is 130 Å². The number of para-hydroxylation sites is 1. The van der Waals surface area contributed by atoms with E-state index in [0.29, 0.717) is 17.1 Å². The van der Waals surface area contributed by atoms with Crippen molar-refractivity contribution < 1.29 is 8.42 Å². The van der Waals surface area contributed by atoms with E-state index in [0.717, 1.165) is 17.8 Å². The Balaban J connectivity index is 2.26. The minimum Gasteiger partial charge on any atom is -0.384 e. The van der Waals surface area contributed by atoms with Crippen molar-refractivity contribution in [2.45, 2.75) is 24.8 Å². The van der Waals surface area contributed by atoms with Crippen molar-refractivity contribution >= 4 is 27.0 Å². The molecule has 0 atom stereocenters. The molecule has 0 radical (unpaired) electrons. The van der Waals surface area contributed by atoms with Crippen LogP contribution in [-0.2, 0) is 16.6 Å². The number of anilines is 1. The van der Waals surface area contributed by atoms with Gasteiger partial charge < -0.3 is 5.32 Å². The second-order valence-electron chi connectivity index (χ2n) is 4.76. The number of hydrogen-bond acceptors (Lipinski definition) is 4. The van der Waals surface area contributed by atoms with Gasteiger partial charge in [0.05, 0.1) is 5.69 Å². The Bertz CT molecular complexity index is 667. The summed E-state index contributed by atoms with van der Waals surface area (Å²) in [6.07, 6.45) is 0.944. The molecule has 2 rings (SSSR count). The fourth-order valence-corrected chi connectivity index (χ4v) is 4.12. The Morgan fingerprint density at radius 3 is 2.62 bits per heavy atom. The number of hydrogen-bond donors (Lipinski definition) is 1. The van der Waals surface area contributed by atoms with Gasteiger partial charge in [-0.25, -0.2) is 8.42 Å². The molecule has 0 unspecified atom stereocenters. The zero-order valence-corrected chi connectivity index (χ0v) is 13.9. The van der Waals surface area contributed by atoms with E-state index in [1.807, 2.05) is 36.6 Å². The maximum Gasteiger partial charge on any atom is 0.245 e. The van der Waals surface area contributed by atoms with Crippen LogP contribution in [0.25, 0.3) is 0 Å². The average Bonchev–Trinajstić information content (AvgIpc) is 2.98. The SMILES string of the molecule is CCCNc1ccccc1S(=O)(=O)N(C)Cc1cccs1. The minimum absolute atomic E-state index is 0.331. The first-order valence-electron chi connectivity index (χ1n) is 6.87. The lowest BCUT2D eigenvalue weighted by Gasteiger charge is -2.19. The van der Waals surface area contributed by atoms with Crippen LogP contribution in [0.3, 0.4) is 0 Å². The molecule has 1 aromatic heterocycles. The summed E-state index contributed by atoms with van der Waals surface area (Å²) < 4.78 is 26.9. The Morgan fingerprint density at radius 2 is 1.95 bits per heavy atom. The van der Waals surface area contributed by atoms with E-state index in [4.69, 9.17) is 0 Å². The molecule has 0 aliphatic carbocycles. The Morgan fingerprint density at radius 1 is 1.19 bits per heavy atom. The van der Waals surface area contributed by atoms with Gasteiger partial charge in [0.2, 0.25) is 10.0 Å². The lowest BCUT2D eigenvalue weighted by Crippen LogP contribution is -2.27. The third kappa shape index (κ3) is 3.84. The van der Waals surface area contributed by atoms with E-state index in [1.54, 1.807) is 30.5 Å². The minimum atomic E-state index is -3.50. The number of thiophene rings is 1. The molecule has 1 N–H and O–H groups in total. The number of benzene rings is 1. The fourth-order valence-electron chi connectivity index (χ4n) is 1.97. The molecule has 0 saturated heterocycles. The summed E-state index contributed by atoms with van der Waals surface area (Å²) in [7, 11) is -1.88. The Hall–Kier alpha value is -1.37. The third-order valence-electron chi connectivity index (χ3n) is 3.10. The highest BCUT2D eigenvalue weighted by molar-refractivity contribution is 7.89. The number of nitrogens with zero attached hydrogens (tertiary/aromatic N) is 1. The molecule has 1 aromatic carbocycles. The molecule has 6 heteroatoms. The van der Waals surface area contributed by atoms with Gasteiger partial charge in [0, 0.05) is 25.0 Å². The molecule has 0 spiro atoms. The van der Waals surface area contributed by atoms with Gasteiger partial charge >= 0.3 is 0 Å². The van der Waals surface area contributed by atoms with Crippen LogP contribution in [0.4, 0.5) is 5.69 Å². The van der Waals surface area contributed by atoms with Gasteiger partial charge in [-0.3, -0.25) is 0 Å². The van der Waals surface area contributed by atoms with E-state index in [-0.39, 0.29) is 0 Å². The van der Waals surface area contributed by atoms with Crippen LogP contribution in [0, 0.1) is 0 Å². The summed E-state index contributed by atoms with van der Waals surface area (Å²) in [5.74, 6) is 0. The van der Waals surface area contributed by atoms with Crippen molar-refractivity contribution in [1.29, 1.82) is 0 Å². The van der Waals surface area contributed by atoms with Gasteiger partial charge in [-0.15, -0.1) is 11.3 Å². The molecule has 21 heavy (non-hydrogen) atoms. The molecule has 0 bridgehead atoms. The third-order valence-corrected chi connectivity index (χ3v) is 5.82. The Kier molecular flexibility index (Phi) is 5.39. The molecule has 1 heterocycles. The first-order valence-corrected chi connectivity index (χ1v) is 9.19. The largest absolute Gasteiger partial charge is 0.384 e. The van der Waals surface area contributed by atoms with E-state index in [1.165, 1.54) is 4.31 Å². The van der Waals surface area contributed by atoms with E-state index >= 15 is 0 Å². The standard InChI is InChI=1S/C15H20N2O2S2/c1-3-10-16-14-8-4-5-9-15(14)21(18,19)17(2)12-13-7-6-11-20-13/h4-9,11,16H,3,10,12H2,1-2H3. The molecular weight excluding hydrogens is 304 g/mol. The van der Waals surface area contributed by atoms with Crippen molar-refractivity contribution in [3.8, 4) is 0 Å². The lowest BCUT2D eigenvalue weighted by molar-refractivity contribution is 0.470. The van der Waals surface area contributed by atoms with E-state index in [9.17, 15) is 8.42 Å². The second-order valence-corrected chi connectivity index (χ2v) is 7.81. The van der Waals surface area contributed by atoms with Crippen LogP contribution in [-0.4, -0.2) is 26.3 Å². The van der Waals surface area contributed by atoms with Crippen molar-refractivity contribution in [3.63, 3.8) is 0 Å². The van der Waals surface area contributed by atoms with Crippen LogP contribution < -0.4 is 5.32 Å². The van der Waals surface area contributed by atoms with Gasteiger partial charge in [0.1, 0.15) is 4.90 Å². The summed E-state index contributed by atoms with van der Waals surface area (Å²) in [5.41, 5.74) is 0.664. The van der Waals surface area contributed by atoms with Gasteiger partial charge in [-0.2, -0.15) is 4.31 Å². The molecule has 0 fully saturated rings. The average molecular weight is 324 g/mol. The van der Waals surface area contributed by atoms with E-state index < -0.39 is 10.0 Å². The molecule has 114 valence electrons. The first kappa shape index (κ1) is 16.0. The second kappa shape index (κ2) is 7.06. The van der Waals surface area contributed by atoms with Crippen LogP contribution in [0.15, 0.2) is 46.7 Å².